The van der Waals surface area contributed by atoms with Crippen molar-refractivity contribution in [2.24, 2.45) is 5.92 Å². The van der Waals surface area contributed by atoms with Crippen LogP contribution in [0.4, 0.5) is 5.82 Å². The summed E-state index contributed by atoms with van der Waals surface area (Å²) in [6.45, 7) is 2.26. The summed E-state index contributed by atoms with van der Waals surface area (Å²) in [5, 5.41) is 3.37. The number of aryl methyl sites for hydroxylation is 1. The Bertz CT molecular complexity index is 636. The average Bonchev–Trinajstić information content (AvgIpc) is 2.84. The number of carbonyl (C=O) groups is 1. The Morgan fingerprint density at radius 3 is 3.10 bits per heavy atom. The van der Waals surface area contributed by atoms with Crippen LogP contribution in [0.15, 0.2) is 24.4 Å². The first kappa shape index (κ1) is 13.6. The molecule has 0 fully saturated rings. The number of nitrogens with one attached hydrogen (secondary N) is 1. The number of thiophene rings is 1. The van der Waals surface area contributed by atoms with E-state index in [1.165, 1.54) is 23.1 Å². The highest BCUT2D eigenvalue weighted by molar-refractivity contribution is 7.14. The number of amides is 1. The number of nitrogens with zero attached hydrogens (tertiary/aromatic N) is 1. The van der Waals surface area contributed by atoms with Gasteiger partial charge in [-0.25, -0.2) is 4.98 Å². The van der Waals surface area contributed by atoms with Gasteiger partial charge < -0.3 is 5.32 Å². The van der Waals surface area contributed by atoms with Crippen molar-refractivity contribution in [3.8, 4) is 0 Å². The zero-order chi connectivity index (χ0) is 14.1. The number of halogens is 1. The quantitative estimate of drug-likeness (QED) is 0.904. The van der Waals surface area contributed by atoms with Gasteiger partial charge in [0.05, 0.1) is 9.90 Å². The fourth-order valence-electron chi connectivity index (χ4n) is 2.45. The molecule has 1 N–H and O–H groups in total. The molecule has 3 nitrogen and oxygen atoms in total. The topological polar surface area (TPSA) is 42.0 Å². The van der Waals surface area contributed by atoms with E-state index in [0.717, 1.165) is 17.7 Å². The van der Waals surface area contributed by atoms with Gasteiger partial charge >= 0.3 is 0 Å². The van der Waals surface area contributed by atoms with Crippen LogP contribution >= 0.6 is 22.9 Å². The van der Waals surface area contributed by atoms with Crippen LogP contribution in [0.5, 0.6) is 0 Å². The van der Waals surface area contributed by atoms with Gasteiger partial charge in [-0.3, -0.25) is 4.79 Å². The molecule has 1 atom stereocenters. The Morgan fingerprint density at radius 2 is 2.35 bits per heavy atom. The fourth-order valence-corrected chi connectivity index (χ4v) is 3.66. The minimum absolute atomic E-state index is 0.0909. The number of fused-ring (bicyclic) bond motifs is 1. The summed E-state index contributed by atoms with van der Waals surface area (Å²) in [6, 6.07) is 5.45. The Hall–Kier alpha value is -1.39. The van der Waals surface area contributed by atoms with E-state index in [0.29, 0.717) is 16.8 Å². The molecule has 0 saturated heterocycles. The summed E-state index contributed by atoms with van der Waals surface area (Å²) in [7, 11) is 0. The smallest absolute Gasteiger partial charge is 0.266 e. The van der Waals surface area contributed by atoms with Crippen LogP contribution in [0.2, 0.25) is 5.02 Å². The maximum atomic E-state index is 12.2. The maximum Gasteiger partial charge on any atom is 0.266 e. The highest BCUT2D eigenvalue weighted by atomic mass is 35.5. The van der Waals surface area contributed by atoms with Gasteiger partial charge in [-0.05, 0) is 48.9 Å². The van der Waals surface area contributed by atoms with Gasteiger partial charge in [0.2, 0.25) is 0 Å². The molecule has 2 aromatic rings. The second-order valence-corrected chi connectivity index (χ2v) is 6.80. The summed E-state index contributed by atoms with van der Waals surface area (Å²) in [6.07, 6.45) is 4.91. The van der Waals surface area contributed by atoms with Crippen molar-refractivity contribution in [2.45, 2.75) is 26.2 Å². The first-order valence-electron chi connectivity index (χ1n) is 6.66. The molecule has 0 bridgehead atoms. The van der Waals surface area contributed by atoms with Gasteiger partial charge in [-0.15, -0.1) is 11.3 Å². The third-order valence-corrected chi connectivity index (χ3v) is 4.98. The van der Waals surface area contributed by atoms with Crippen molar-refractivity contribution in [3.63, 3.8) is 0 Å². The number of hydrogen-bond donors (Lipinski definition) is 1. The minimum Gasteiger partial charge on any atom is -0.306 e. The van der Waals surface area contributed by atoms with Crippen molar-refractivity contribution < 1.29 is 4.79 Å². The molecule has 0 radical (unpaired) electrons. The average molecular weight is 307 g/mol. The van der Waals surface area contributed by atoms with E-state index < -0.39 is 0 Å². The zero-order valence-electron chi connectivity index (χ0n) is 11.1. The lowest BCUT2D eigenvalue weighted by Crippen LogP contribution is -2.11. The molecular weight excluding hydrogens is 292 g/mol. The summed E-state index contributed by atoms with van der Waals surface area (Å²) in [5.41, 5.74) is 1.34. The lowest BCUT2D eigenvalue weighted by atomic mass is 9.90. The molecule has 1 amide bonds. The number of pyridine rings is 1. The molecule has 0 unspecified atom stereocenters. The molecule has 1 aliphatic carbocycles. The van der Waals surface area contributed by atoms with Gasteiger partial charge in [0.25, 0.3) is 5.91 Å². The Morgan fingerprint density at radius 1 is 1.50 bits per heavy atom. The van der Waals surface area contributed by atoms with Gasteiger partial charge in [-0.1, -0.05) is 18.5 Å². The van der Waals surface area contributed by atoms with Gasteiger partial charge in [-0.2, -0.15) is 0 Å². The van der Waals surface area contributed by atoms with Gasteiger partial charge in [0.1, 0.15) is 5.82 Å². The zero-order valence-corrected chi connectivity index (χ0v) is 12.7. The number of rotatable bonds is 2. The standard InChI is InChI=1S/C15H15ClN2OS/c1-9-2-4-12-10(6-9)7-13(20-12)15(19)18-14-5-3-11(16)8-17-14/h3,5,7-9H,2,4,6H2,1H3,(H,17,18,19)/t9-/m0/s1. The lowest BCUT2D eigenvalue weighted by molar-refractivity contribution is 0.103. The number of hydrogen-bond acceptors (Lipinski definition) is 3. The SMILES string of the molecule is C[C@H]1CCc2sc(C(=O)Nc3ccc(Cl)cn3)cc2C1. The molecule has 5 heteroatoms. The highest BCUT2D eigenvalue weighted by Crippen LogP contribution is 2.32. The highest BCUT2D eigenvalue weighted by Gasteiger charge is 2.20. The van der Waals surface area contributed by atoms with Crippen molar-refractivity contribution >= 4 is 34.7 Å². The van der Waals surface area contributed by atoms with E-state index in [2.05, 4.69) is 17.2 Å². The minimum atomic E-state index is -0.0909. The van der Waals surface area contributed by atoms with Gasteiger partial charge in [0, 0.05) is 11.1 Å². The van der Waals surface area contributed by atoms with Crippen LogP contribution in [0.3, 0.4) is 0 Å². The summed E-state index contributed by atoms with van der Waals surface area (Å²) in [4.78, 5) is 18.4. The maximum absolute atomic E-state index is 12.2. The fraction of sp³-hybridized carbons (Fsp3) is 0.333. The molecule has 104 valence electrons. The third kappa shape index (κ3) is 2.86. The van der Waals surface area contributed by atoms with Crippen molar-refractivity contribution in [3.05, 3.63) is 44.7 Å². The van der Waals surface area contributed by atoms with Crippen LogP contribution in [0, 0.1) is 5.92 Å². The second kappa shape index (κ2) is 5.54. The van der Waals surface area contributed by atoms with Crippen LogP contribution in [0.25, 0.3) is 0 Å². The van der Waals surface area contributed by atoms with E-state index in [1.807, 2.05) is 6.07 Å². The molecule has 0 aromatic carbocycles. The van der Waals surface area contributed by atoms with Crippen molar-refractivity contribution in [1.82, 2.24) is 4.98 Å². The molecule has 0 spiro atoms. The van der Waals surface area contributed by atoms with Gasteiger partial charge in [0.15, 0.2) is 0 Å². The Kier molecular flexibility index (Phi) is 3.76. The largest absolute Gasteiger partial charge is 0.306 e. The lowest BCUT2D eigenvalue weighted by Gasteiger charge is -2.16. The first-order valence-corrected chi connectivity index (χ1v) is 7.86. The number of aromatic nitrogens is 1. The molecule has 1 aliphatic rings. The third-order valence-electron chi connectivity index (χ3n) is 3.52. The normalized spacial score (nSPS) is 17.6. The summed E-state index contributed by atoms with van der Waals surface area (Å²) >= 11 is 7.38. The molecule has 2 aromatic heterocycles. The Balaban J connectivity index is 1.76. The van der Waals surface area contributed by atoms with E-state index in [-0.39, 0.29) is 5.91 Å². The number of anilines is 1. The van der Waals surface area contributed by atoms with Crippen LogP contribution in [-0.2, 0) is 12.8 Å². The molecule has 0 saturated carbocycles. The summed E-state index contributed by atoms with van der Waals surface area (Å²) < 4.78 is 0. The predicted molar refractivity (Wildman–Crippen MR) is 82.7 cm³/mol. The monoisotopic (exact) mass is 306 g/mol. The van der Waals surface area contributed by atoms with Crippen LogP contribution in [-0.4, -0.2) is 10.9 Å². The molecule has 20 heavy (non-hydrogen) atoms. The van der Waals surface area contributed by atoms with E-state index in [4.69, 9.17) is 11.6 Å². The molecule has 2 heterocycles. The van der Waals surface area contributed by atoms with Crippen LogP contribution in [0.1, 0.15) is 33.5 Å². The van der Waals surface area contributed by atoms with E-state index in [9.17, 15) is 4.79 Å². The molecular formula is C15H15ClN2OS. The predicted octanol–water partition coefficient (Wildman–Crippen LogP) is 4.17. The van der Waals surface area contributed by atoms with Crippen molar-refractivity contribution in [1.29, 1.82) is 0 Å². The first-order chi connectivity index (χ1) is 9.61. The van der Waals surface area contributed by atoms with Crippen LogP contribution < -0.4 is 5.32 Å². The molecule has 0 aliphatic heterocycles. The van der Waals surface area contributed by atoms with E-state index in [1.54, 1.807) is 23.5 Å². The molecule has 3 rings (SSSR count). The number of carbonyl (C=O) groups excluding carboxylic acids is 1. The van der Waals surface area contributed by atoms with Crippen molar-refractivity contribution in [2.75, 3.05) is 5.32 Å². The van der Waals surface area contributed by atoms with E-state index >= 15 is 0 Å². The second-order valence-electron chi connectivity index (χ2n) is 5.22. The Labute approximate surface area is 127 Å². The summed E-state index contributed by atoms with van der Waals surface area (Å²) in [5.74, 6) is 1.15.